The molecule has 3 rings (SSSR count). The molecule has 0 bridgehead atoms. The molecule has 0 aromatic heterocycles. The molecular formula is C30H36FN3O5S. The molecule has 0 aliphatic rings. The second-order valence-electron chi connectivity index (χ2n) is 9.39. The van der Waals surface area contributed by atoms with E-state index < -0.39 is 34.3 Å². The normalized spacial score (nSPS) is 11.9. The first-order chi connectivity index (χ1) is 19.1. The SMILES string of the molecule is CCCNC(=O)[C@@H](CC)N(Cc1ccc(F)cc1)C(=O)CN(c1ccc(OC)cc1)S(=O)(=O)c1ccc(C)cc1. The molecule has 0 unspecified atom stereocenters. The van der Waals surface area contributed by atoms with Crippen molar-refractivity contribution in [2.45, 2.75) is 51.1 Å². The zero-order valence-corrected chi connectivity index (χ0v) is 24.1. The van der Waals surface area contributed by atoms with Crippen LogP contribution in [0.15, 0.2) is 77.7 Å². The van der Waals surface area contributed by atoms with Gasteiger partial charge < -0.3 is 15.0 Å². The van der Waals surface area contributed by atoms with Crippen LogP contribution in [0.4, 0.5) is 10.1 Å². The minimum atomic E-state index is -4.17. The Kier molecular flexibility index (Phi) is 10.7. The van der Waals surface area contributed by atoms with Crippen LogP contribution in [0.3, 0.4) is 0 Å². The summed E-state index contributed by atoms with van der Waals surface area (Å²) in [5, 5.41) is 2.83. The molecule has 0 fully saturated rings. The fourth-order valence-corrected chi connectivity index (χ4v) is 5.60. The van der Waals surface area contributed by atoms with E-state index in [4.69, 9.17) is 4.74 Å². The van der Waals surface area contributed by atoms with Crippen LogP contribution in [-0.4, -0.2) is 51.4 Å². The van der Waals surface area contributed by atoms with Gasteiger partial charge in [-0.15, -0.1) is 0 Å². The number of aryl methyl sites for hydroxylation is 1. The van der Waals surface area contributed by atoms with Crippen molar-refractivity contribution in [1.82, 2.24) is 10.2 Å². The Balaban J connectivity index is 2.04. The maximum absolute atomic E-state index is 14.0. The molecule has 3 aromatic rings. The number of benzene rings is 3. The van der Waals surface area contributed by atoms with Gasteiger partial charge in [-0.05, 0) is 73.9 Å². The molecule has 214 valence electrons. The summed E-state index contributed by atoms with van der Waals surface area (Å²) < 4.78 is 47.6. The van der Waals surface area contributed by atoms with E-state index in [0.717, 1.165) is 9.87 Å². The van der Waals surface area contributed by atoms with E-state index in [2.05, 4.69) is 5.32 Å². The summed E-state index contributed by atoms with van der Waals surface area (Å²) in [6.45, 7) is 5.44. The van der Waals surface area contributed by atoms with Gasteiger partial charge >= 0.3 is 0 Å². The van der Waals surface area contributed by atoms with E-state index in [-0.39, 0.29) is 23.0 Å². The number of carbonyl (C=O) groups excluding carboxylic acids is 2. The Morgan fingerprint density at radius 2 is 1.57 bits per heavy atom. The van der Waals surface area contributed by atoms with E-state index in [1.165, 1.54) is 48.4 Å². The van der Waals surface area contributed by atoms with Crippen molar-refractivity contribution in [3.8, 4) is 5.75 Å². The summed E-state index contributed by atoms with van der Waals surface area (Å²) in [4.78, 5) is 28.5. The van der Waals surface area contributed by atoms with Crippen molar-refractivity contribution in [2.24, 2.45) is 0 Å². The van der Waals surface area contributed by atoms with Crippen molar-refractivity contribution in [3.05, 3.63) is 89.7 Å². The quantitative estimate of drug-likeness (QED) is 0.323. The number of anilines is 1. The van der Waals surface area contributed by atoms with E-state index >= 15 is 0 Å². The molecule has 3 aromatic carbocycles. The minimum Gasteiger partial charge on any atom is -0.497 e. The number of nitrogens with zero attached hydrogens (tertiary/aromatic N) is 2. The smallest absolute Gasteiger partial charge is 0.264 e. The highest BCUT2D eigenvalue weighted by atomic mass is 32.2. The molecule has 1 N–H and O–H groups in total. The zero-order valence-electron chi connectivity index (χ0n) is 23.3. The fourth-order valence-electron chi connectivity index (χ4n) is 4.19. The van der Waals surface area contributed by atoms with Crippen LogP contribution in [0, 0.1) is 12.7 Å². The third kappa shape index (κ3) is 7.59. The molecule has 0 radical (unpaired) electrons. The van der Waals surface area contributed by atoms with Crippen molar-refractivity contribution in [2.75, 3.05) is 24.5 Å². The fraction of sp³-hybridized carbons (Fsp3) is 0.333. The molecule has 0 aliphatic heterocycles. The molecule has 0 spiro atoms. The largest absolute Gasteiger partial charge is 0.497 e. The lowest BCUT2D eigenvalue weighted by atomic mass is 10.1. The molecule has 1 atom stereocenters. The van der Waals surface area contributed by atoms with Crippen molar-refractivity contribution < 1.29 is 27.1 Å². The van der Waals surface area contributed by atoms with Crippen LogP contribution in [-0.2, 0) is 26.2 Å². The first kappa shape index (κ1) is 30.6. The van der Waals surface area contributed by atoms with Gasteiger partial charge in [-0.3, -0.25) is 13.9 Å². The van der Waals surface area contributed by atoms with Crippen LogP contribution in [0.5, 0.6) is 5.75 Å². The van der Waals surface area contributed by atoms with E-state index in [1.54, 1.807) is 43.3 Å². The topological polar surface area (TPSA) is 96.0 Å². The van der Waals surface area contributed by atoms with Gasteiger partial charge in [-0.25, -0.2) is 12.8 Å². The Bertz CT molecular complexity index is 1380. The zero-order chi connectivity index (χ0) is 29.3. The predicted octanol–water partition coefficient (Wildman–Crippen LogP) is 4.67. The number of methoxy groups -OCH3 is 1. The van der Waals surface area contributed by atoms with Gasteiger partial charge in [-0.1, -0.05) is 43.7 Å². The number of hydrogen-bond acceptors (Lipinski definition) is 5. The maximum Gasteiger partial charge on any atom is 0.264 e. The number of hydrogen-bond donors (Lipinski definition) is 1. The van der Waals surface area contributed by atoms with E-state index in [1.807, 2.05) is 13.8 Å². The Morgan fingerprint density at radius 3 is 2.12 bits per heavy atom. The first-order valence-electron chi connectivity index (χ1n) is 13.2. The van der Waals surface area contributed by atoms with Crippen LogP contribution < -0.4 is 14.4 Å². The average molecular weight is 570 g/mol. The third-order valence-electron chi connectivity index (χ3n) is 6.45. The lowest BCUT2D eigenvalue weighted by Gasteiger charge is -2.33. The Labute approximate surface area is 235 Å². The summed E-state index contributed by atoms with van der Waals surface area (Å²) >= 11 is 0. The Hall–Kier alpha value is -3.92. The lowest BCUT2D eigenvalue weighted by Crippen LogP contribution is -2.52. The molecule has 40 heavy (non-hydrogen) atoms. The monoisotopic (exact) mass is 569 g/mol. The van der Waals surface area contributed by atoms with Crippen LogP contribution >= 0.6 is 0 Å². The second kappa shape index (κ2) is 13.9. The molecule has 8 nitrogen and oxygen atoms in total. The minimum absolute atomic E-state index is 0.00179. The number of sulfonamides is 1. The van der Waals surface area contributed by atoms with Crippen molar-refractivity contribution in [1.29, 1.82) is 0 Å². The molecule has 0 heterocycles. The Morgan fingerprint density at radius 1 is 0.950 bits per heavy atom. The highest BCUT2D eigenvalue weighted by Gasteiger charge is 2.33. The van der Waals surface area contributed by atoms with Gasteiger partial charge in [-0.2, -0.15) is 0 Å². The average Bonchev–Trinajstić information content (AvgIpc) is 2.95. The van der Waals surface area contributed by atoms with E-state index in [9.17, 15) is 22.4 Å². The van der Waals surface area contributed by atoms with Crippen molar-refractivity contribution in [3.63, 3.8) is 0 Å². The molecule has 2 amide bonds. The second-order valence-corrected chi connectivity index (χ2v) is 11.2. The highest BCUT2D eigenvalue weighted by Crippen LogP contribution is 2.27. The van der Waals surface area contributed by atoms with Gasteiger partial charge in [0.2, 0.25) is 11.8 Å². The summed E-state index contributed by atoms with van der Waals surface area (Å²) in [5.74, 6) is -0.810. The van der Waals surface area contributed by atoms with Crippen LogP contribution in [0.1, 0.15) is 37.8 Å². The van der Waals surface area contributed by atoms with Crippen LogP contribution in [0.2, 0.25) is 0 Å². The molecule has 0 aliphatic carbocycles. The molecular weight excluding hydrogens is 533 g/mol. The molecule has 0 saturated carbocycles. The summed E-state index contributed by atoms with van der Waals surface area (Å²) in [6, 6.07) is 17.5. The number of nitrogens with one attached hydrogen (secondary N) is 1. The lowest BCUT2D eigenvalue weighted by molar-refractivity contribution is -0.140. The summed E-state index contributed by atoms with van der Waals surface area (Å²) in [7, 11) is -2.67. The van der Waals surface area contributed by atoms with Gasteiger partial charge in [0.25, 0.3) is 10.0 Å². The maximum atomic E-state index is 14.0. The highest BCUT2D eigenvalue weighted by molar-refractivity contribution is 7.92. The van der Waals surface area contributed by atoms with Crippen molar-refractivity contribution >= 4 is 27.5 Å². The number of carbonyl (C=O) groups is 2. The van der Waals surface area contributed by atoms with Gasteiger partial charge in [0.15, 0.2) is 0 Å². The number of ether oxygens (including phenoxy) is 1. The summed E-state index contributed by atoms with van der Waals surface area (Å²) in [5.41, 5.74) is 1.76. The number of rotatable bonds is 13. The number of halogens is 1. The molecule has 0 saturated heterocycles. The summed E-state index contributed by atoms with van der Waals surface area (Å²) in [6.07, 6.45) is 1.02. The number of amides is 2. The molecule has 10 heteroatoms. The first-order valence-corrected chi connectivity index (χ1v) is 14.6. The van der Waals surface area contributed by atoms with Gasteiger partial charge in [0.1, 0.15) is 24.2 Å². The van der Waals surface area contributed by atoms with E-state index in [0.29, 0.717) is 30.7 Å². The van der Waals surface area contributed by atoms with Gasteiger partial charge in [0, 0.05) is 13.1 Å². The standard InChI is InChI=1S/C30H36FN3O5S/c1-5-19-32-30(36)28(6-2)33(20-23-9-11-24(31)12-10-23)29(35)21-34(25-13-15-26(39-4)16-14-25)40(37,38)27-17-7-22(3)8-18-27/h7-18,28H,5-6,19-21H2,1-4H3,(H,32,36)/t28-/m1/s1. The van der Waals surface area contributed by atoms with Gasteiger partial charge in [0.05, 0.1) is 17.7 Å². The third-order valence-corrected chi connectivity index (χ3v) is 8.24. The van der Waals surface area contributed by atoms with Crippen LogP contribution in [0.25, 0.3) is 0 Å². The predicted molar refractivity (Wildman–Crippen MR) is 153 cm³/mol.